The summed E-state index contributed by atoms with van der Waals surface area (Å²) in [6, 6.07) is 9.70. The van der Waals surface area contributed by atoms with Crippen molar-refractivity contribution in [2.24, 2.45) is 5.73 Å². The predicted molar refractivity (Wildman–Crippen MR) is 69.1 cm³/mol. The van der Waals surface area contributed by atoms with E-state index in [1.807, 2.05) is 30.3 Å². The Bertz CT molecular complexity index is 529. The molecule has 0 saturated carbocycles. The summed E-state index contributed by atoms with van der Waals surface area (Å²) >= 11 is 5.94. The maximum absolute atomic E-state index is 5.94. The van der Waals surface area contributed by atoms with E-state index in [2.05, 4.69) is 4.98 Å². The third-order valence-electron chi connectivity index (χ3n) is 2.55. The minimum absolute atomic E-state index is 0.370. The van der Waals surface area contributed by atoms with Crippen molar-refractivity contribution in [2.75, 3.05) is 7.11 Å². The lowest BCUT2D eigenvalue weighted by Gasteiger charge is -2.09. The first-order valence-corrected chi connectivity index (χ1v) is 5.62. The number of ether oxygens (including phenoxy) is 1. The number of nitrogens with two attached hydrogens (primary N) is 1. The molecule has 0 fully saturated rings. The van der Waals surface area contributed by atoms with Crippen LogP contribution in [0, 0.1) is 0 Å². The van der Waals surface area contributed by atoms with E-state index in [4.69, 9.17) is 22.1 Å². The number of rotatable bonds is 3. The zero-order chi connectivity index (χ0) is 12.3. The first-order valence-electron chi connectivity index (χ1n) is 5.24. The summed E-state index contributed by atoms with van der Waals surface area (Å²) < 4.78 is 5.31. The minimum Gasteiger partial charge on any atom is -0.496 e. The fourth-order valence-electron chi connectivity index (χ4n) is 1.67. The molecule has 1 heterocycles. The molecule has 17 heavy (non-hydrogen) atoms. The maximum Gasteiger partial charge on any atom is 0.133 e. The molecular weight excluding hydrogens is 236 g/mol. The van der Waals surface area contributed by atoms with Gasteiger partial charge in [-0.3, -0.25) is 0 Å². The average molecular weight is 249 g/mol. The van der Waals surface area contributed by atoms with Crippen LogP contribution in [0.1, 0.15) is 5.56 Å². The Kier molecular flexibility index (Phi) is 3.61. The molecule has 0 aliphatic carbocycles. The van der Waals surface area contributed by atoms with E-state index < -0.39 is 0 Å². The molecule has 2 aromatic rings. The highest BCUT2D eigenvalue weighted by Gasteiger charge is 2.07. The standard InChI is InChI=1S/C13H13ClN2O/c1-17-12-5-3-2-4-11(12)10-6-9(7-15)13(14)16-8-10/h2-6,8H,7,15H2,1H3. The molecule has 0 amide bonds. The summed E-state index contributed by atoms with van der Waals surface area (Å²) in [7, 11) is 1.64. The van der Waals surface area contributed by atoms with Crippen molar-refractivity contribution in [1.29, 1.82) is 0 Å². The fraction of sp³-hybridized carbons (Fsp3) is 0.154. The molecule has 0 radical (unpaired) electrons. The number of halogens is 1. The lowest BCUT2D eigenvalue weighted by molar-refractivity contribution is 0.416. The number of hydrogen-bond donors (Lipinski definition) is 1. The summed E-state index contributed by atoms with van der Waals surface area (Å²) in [5.74, 6) is 0.805. The number of hydrogen-bond acceptors (Lipinski definition) is 3. The van der Waals surface area contributed by atoms with Crippen molar-refractivity contribution in [3.05, 3.63) is 47.2 Å². The third-order valence-corrected chi connectivity index (χ3v) is 2.89. The van der Waals surface area contributed by atoms with Gasteiger partial charge in [0.2, 0.25) is 0 Å². The van der Waals surface area contributed by atoms with Crippen molar-refractivity contribution >= 4 is 11.6 Å². The Hall–Kier alpha value is -1.58. The van der Waals surface area contributed by atoms with Gasteiger partial charge in [0.1, 0.15) is 10.9 Å². The van der Waals surface area contributed by atoms with Gasteiger partial charge in [-0.25, -0.2) is 4.98 Å². The second-order valence-electron chi connectivity index (χ2n) is 3.58. The zero-order valence-corrected chi connectivity index (χ0v) is 10.2. The van der Waals surface area contributed by atoms with Crippen LogP contribution in [0.2, 0.25) is 5.15 Å². The predicted octanol–water partition coefficient (Wildman–Crippen LogP) is 2.87. The smallest absolute Gasteiger partial charge is 0.133 e. The Morgan fingerprint density at radius 3 is 2.82 bits per heavy atom. The number of pyridine rings is 1. The largest absolute Gasteiger partial charge is 0.496 e. The van der Waals surface area contributed by atoms with E-state index in [1.165, 1.54) is 0 Å². The summed E-state index contributed by atoms with van der Waals surface area (Å²) in [4.78, 5) is 4.13. The van der Waals surface area contributed by atoms with E-state index in [0.29, 0.717) is 11.7 Å². The van der Waals surface area contributed by atoms with Crippen LogP contribution < -0.4 is 10.5 Å². The molecule has 0 bridgehead atoms. The molecule has 3 nitrogen and oxygen atoms in total. The molecule has 0 unspecified atom stereocenters. The Morgan fingerprint density at radius 2 is 2.12 bits per heavy atom. The molecule has 0 saturated heterocycles. The number of aromatic nitrogens is 1. The number of para-hydroxylation sites is 1. The van der Waals surface area contributed by atoms with Crippen LogP contribution >= 0.6 is 11.6 Å². The molecule has 88 valence electrons. The van der Waals surface area contributed by atoms with Crippen LogP contribution in [0.15, 0.2) is 36.5 Å². The number of nitrogens with zero attached hydrogens (tertiary/aromatic N) is 1. The molecule has 0 spiro atoms. The molecule has 2 N–H and O–H groups in total. The summed E-state index contributed by atoms with van der Waals surface area (Å²) in [6.45, 7) is 0.370. The van der Waals surface area contributed by atoms with Crippen molar-refractivity contribution < 1.29 is 4.74 Å². The molecule has 1 aromatic heterocycles. The molecule has 1 aromatic carbocycles. The highest BCUT2D eigenvalue weighted by atomic mass is 35.5. The first kappa shape index (κ1) is 11.9. The topological polar surface area (TPSA) is 48.1 Å². The summed E-state index contributed by atoms with van der Waals surface area (Å²) in [5.41, 5.74) is 8.37. The molecule has 4 heteroatoms. The third kappa shape index (κ3) is 2.40. The average Bonchev–Trinajstić information content (AvgIpc) is 2.39. The normalized spacial score (nSPS) is 10.3. The van der Waals surface area contributed by atoms with E-state index in [-0.39, 0.29) is 0 Å². The lowest BCUT2D eigenvalue weighted by atomic mass is 10.1. The van der Waals surface area contributed by atoms with Gasteiger partial charge >= 0.3 is 0 Å². The second kappa shape index (κ2) is 5.17. The highest BCUT2D eigenvalue weighted by Crippen LogP contribution is 2.30. The quantitative estimate of drug-likeness (QED) is 0.850. The second-order valence-corrected chi connectivity index (χ2v) is 3.94. The van der Waals surface area contributed by atoms with Gasteiger partial charge in [0.05, 0.1) is 7.11 Å². The van der Waals surface area contributed by atoms with Gasteiger partial charge in [0.25, 0.3) is 0 Å². The van der Waals surface area contributed by atoms with Gasteiger partial charge in [-0.15, -0.1) is 0 Å². The van der Waals surface area contributed by atoms with Crippen LogP contribution in [-0.2, 0) is 6.54 Å². The molecular formula is C13H13ClN2O. The molecule has 2 rings (SSSR count). The monoisotopic (exact) mass is 248 g/mol. The Morgan fingerprint density at radius 1 is 1.35 bits per heavy atom. The van der Waals surface area contributed by atoms with E-state index >= 15 is 0 Å². The van der Waals surface area contributed by atoms with Crippen LogP contribution in [-0.4, -0.2) is 12.1 Å². The van der Waals surface area contributed by atoms with Crippen LogP contribution in [0.25, 0.3) is 11.1 Å². The minimum atomic E-state index is 0.370. The van der Waals surface area contributed by atoms with Crippen LogP contribution in [0.3, 0.4) is 0 Å². The SMILES string of the molecule is COc1ccccc1-c1cnc(Cl)c(CN)c1. The molecule has 0 aliphatic rings. The Labute approximate surface area is 105 Å². The van der Waals surface area contributed by atoms with Crippen molar-refractivity contribution in [3.63, 3.8) is 0 Å². The highest BCUT2D eigenvalue weighted by molar-refractivity contribution is 6.30. The van der Waals surface area contributed by atoms with E-state index in [0.717, 1.165) is 22.4 Å². The van der Waals surface area contributed by atoms with Crippen molar-refractivity contribution in [2.45, 2.75) is 6.54 Å². The van der Waals surface area contributed by atoms with E-state index in [1.54, 1.807) is 13.3 Å². The number of benzene rings is 1. The van der Waals surface area contributed by atoms with Gasteiger partial charge in [-0.05, 0) is 12.1 Å². The van der Waals surface area contributed by atoms with Gasteiger partial charge in [0.15, 0.2) is 0 Å². The molecule has 0 aliphatic heterocycles. The Balaban J connectivity index is 2.53. The summed E-state index contributed by atoms with van der Waals surface area (Å²) in [6.07, 6.45) is 1.72. The van der Waals surface area contributed by atoms with Crippen molar-refractivity contribution in [1.82, 2.24) is 4.98 Å². The van der Waals surface area contributed by atoms with Crippen LogP contribution in [0.4, 0.5) is 0 Å². The van der Waals surface area contributed by atoms with Crippen LogP contribution in [0.5, 0.6) is 5.75 Å². The summed E-state index contributed by atoms with van der Waals surface area (Å²) in [5, 5.41) is 0.450. The lowest BCUT2D eigenvalue weighted by Crippen LogP contribution is -1.99. The fourth-order valence-corrected chi connectivity index (χ4v) is 1.85. The van der Waals surface area contributed by atoms with Gasteiger partial charge in [0, 0.05) is 29.4 Å². The first-order chi connectivity index (χ1) is 8.26. The van der Waals surface area contributed by atoms with Gasteiger partial charge in [-0.1, -0.05) is 29.8 Å². The zero-order valence-electron chi connectivity index (χ0n) is 9.48. The van der Waals surface area contributed by atoms with E-state index in [9.17, 15) is 0 Å². The maximum atomic E-state index is 5.94. The van der Waals surface area contributed by atoms with Gasteiger partial charge < -0.3 is 10.5 Å². The number of methoxy groups -OCH3 is 1. The van der Waals surface area contributed by atoms with Crippen molar-refractivity contribution in [3.8, 4) is 16.9 Å². The molecule has 0 atom stereocenters. The van der Waals surface area contributed by atoms with Gasteiger partial charge in [-0.2, -0.15) is 0 Å².